The average Bonchev–Trinajstić information content (AvgIpc) is 3.37. The first-order valence-electron chi connectivity index (χ1n) is 11.0. The van der Waals surface area contributed by atoms with Crippen LogP contribution in [0.25, 0.3) is 0 Å². The number of ether oxygens (including phenoxy) is 2. The summed E-state index contributed by atoms with van der Waals surface area (Å²) in [4.78, 5) is 31.1. The highest BCUT2D eigenvalue weighted by Crippen LogP contribution is 2.16. The van der Waals surface area contributed by atoms with Crippen LogP contribution in [0.2, 0.25) is 0 Å². The van der Waals surface area contributed by atoms with E-state index in [0.29, 0.717) is 17.9 Å². The molecule has 0 bridgehead atoms. The number of amides is 1. The van der Waals surface area contributed by atoms with Crippen LogP contribution < -0.4 is 10.1 Å². The molecule has 2 heterocycles. The second kappa shape index (κ2) is 11.6. The molecule has 7 nitrogen and oxygen atoms in total. The molecule has 33 heavy (non-hydrogen) atoms. The Morgan fingerprint density at radius 2 is 1.82 bits per heavy atom. The Labute approximate surface area is 197 Å². The molecule has 3 aromatic rings. The fraction of sp³-hybridized carbons (Fsp3) is 0.320. The first kappa shape index (κ1) is 22.9. The zero-order chi connectivity index (χ0) is 22.9. The Balaban J connectivity index is 1.14. The molecule has 1 N–H and O–H groups in total. The highest BCUT2D eigenvalue weighted by Gasteiger charge is 2.21. The summed E-state index contributed by atoms with van der Waals surface area (Å²) in [5, 5.41) is 4.90. The van der Waals surface area contributed by atoms with Gasteiger partial charge in [-0.2, -0.15) is 0 Å². The number of hydrogen-bond acceptors (Lipinski definition) is 7. The topological polar surface area (TPSA) is 80.8 Å². The molecule has 0 spiro atoms. The van der Waals surface area contributed by atoms with E-state index in [1.165, 1.54) is 16.9 Å². The van der Waals surface area contributed by atoms with E-state index >= 15 is 0 Å². The van der Waals surface area contributed by atoms with Crippen LogP contribution in [-0.2, 0) is 22.7 Å². The van der Waals surface area contributed by atoms with Gasteiger partial charge in [-0.15, -0.1) is 11.3 Å². The molecule has 1 aliphatic heterocycles. The van der Waals surface area contributed by atoms with Crippen LogP contribution in [-0.4, -0.2) is 47.5 Å². The maximum absolute atomic E-state index is 12.3. The van der Waals surface area contributed by atoms with Crippen LogP contribution >= 0.6 is 11.3 Å². The van der Waals surface area contributed by atoms with E-state index in [0.717, 1.165) is 38.2 Å². The number of nitrogens with one attached hydrogen (secondary N) is 1. The second-order valence-electron chi connectivity index (χ2n) is 7.97. The van der Waals surface area contributed by atoms with Crippen molar-refractivity contribution < 1.29 is 19.1 Å². The lowest BCUT2D eigenvalue weighted by Gasteiger charge is -2.32. The van der Waals surface area contributed by atoms with E-state index in [4.69, 9.17) is 9.47 Å². The smallest absolute Gasteiger partial charge is 0.338 e. The summed E-state index contributed by atoms with van der Waals surface area (Å²) in [6.07, 6.45) is 1.77. The van der Waals surface area contributed by atoms with Gasteiger partial charge in [-0.25, -0.2) is 9.78 Å². The molecule has 4 rings (SSSR count). The molecular weight excluding hydrogens is 438 g/mol. The van der Waals surface area contributed by atoms with E-state index < -0.39 is 5.97 Å². The van der Waals surface area contributed by atoms with Crippen molar-refractivity contribution in [2.24, 2.45) is 0 Å². The van der Waals surface area contributed by atoms with E-state index in [1.54, 1.807) is 29.8 Å². The number of carbonyl (C=O) groups is 2. The summed E-state index contributed by atoms with van der Waals surface area (Å²) in [6, 6.07) is 17.1. The Kier molecular flexibility index (Phi) is 8.05. The lowest BCUT2D eigenvalue weighted by Crippen LogP contribution is -2.45. The van der Waals surface area contributed by atoms with Crippen LogP contribution in [0.4, 0.5) is 0 Å². The normalized spacial score (nSPS) is 14.5. The minimum absolute atomic E-state index is 0.109. The predicted molar refractivity (Wildman–Crippen MR) is 126 cm³/mol. The van der Waals surface area contributed by atoms with Crippen LogP contribution in [0, 0.1) is 0 Å². The third-order valence-electron chi connectivity index (χ3n) is 5.50. The lowest BCUT2D eigenvalue weighted by atomic mass is 10.0. The molecule has 1 aromatic heterocycles. The van der Waals surface area contributed by atoms with Crippen molar-refractivity contribution in [2.75, 3.05) is 19.7 Å². The van der Waals surface area contributed by atoms with Gasteiger partial charge in [0.15, 0.2) is 6.61 Å². The van der Waals surface area contributed by atoms with Crippen molar-refractivity contribution in [1.29, 1.82) is 0 Å². The zero-order valence-electron chi connectivity index (χ0n) is 18.3. The number of likely N-dealkylation sites (tertiary alicyclic amines) is 1. The summed E-state index contributed by atoms with van der Waals surface area (Å²) >= 11 is 1.51. The third kappa shape index (κ3) is 7.13. The van der Waals surface area contributed by atoms with Crippen molar-refractivity contribution in [3.63, 3.8) is 0 Å². The number of benzene rings is 2. The van der Waals surface area contributed by atoms with E-state index in [2.05, 4.69) is 39.5 Å². The molecule has 8 heteroatoms. The first-order chi connectivity index (χ1) is 16.2. The molecular formula is C25H27N3O4S. The molecule has 0 atom stereocenters. The van der Waals surface area contributed by atoms with Gasteiger partial charge in [0.1, 0.15) is 12.4 Å². The Morgan fingerprint density at radius 3 is 2.52 bits per heavy atom. The second-order valence-corrected chi connectivity index (χ2v) is 8.69. The third-order valence-corrected chi connectivity index (χ3v) is 6.13. The van der Waals surface area contributed by atoms with Crippen molar-refractivity contribution >= 4 is 23.2 Å². The average molecular weight is 466 g/mol. The van der Waals surface area contributed by atoms with Crippen molar-refractivity contribution in [2.45, 2.75) is 32.0 Å². The SMILES string of the molecule is O=C(COC(=O)c1ccc(OCc2cscn2)cc1)NC1CCN(Cc2ccccc2)CC1. The number of thiazole rings is 1. The Morgan fingerprint density at radius 1 is 1.06 bits per heavy atom. The maximum atomic E-state index is 12.3. The van der Waals surface area contributed by atoms with Crippen LogP contribution in [0.15, 0.2) is 65.5 Å². The quantitative estimate of drug-likeness (QED) is 0.486. The number of piperidine rings is 1. The van der Waals surface area contributed by atoms with Crippen LogP contribution in [0.1, 0.15) is 34.5 Å². The molecule has 1 saturated heterocycles. The van der Waals surface area contributed by atoms with Gasteiger partial charge in [0.2, 0.25) is 0 Å². The van der Waals surface area contributed by atoms with E-state index in [-0.39, 0.29) is 18.6 Å². The predicted octanol–water partition coefficient (Wildman–Crippen LogP) is 3.66. The monoisotopic (exact) mass is 465 g/mol. The van der Waals surface area contributed by atoms with Crippen molar-refractivity contribution in [1.82, 2.24) is 15.2 Å². The minimum atomic E-state index is -0.533. The molecule has 1 amide bonds. The van der Waals surface area contributed by atoms with Gasteiger partial charge in [0.25, 0.3) is 5.91 Å². The van der Waals surface area contributed by atoms with Crippen molar-refractivity contribution in [3.05, 3.63) is 82.3 Å². The Bertz CT molecular complexity index is 1020. The number of aromatic nitrogens is 1. The molecule has 0 radical (unpaired) electrons. The highest BCUT2D eigenvalue weighted by atomic mass is 32.1. The molecule has 172 valence electrons. The lowest BCUT2D eigenvalue weighted by molar-refractivity contribution is -0.125. The van der Waals surface area contributed by atoms with Gasteiger partial charge >= 0.3 is 5.97 Å². The van der Waals surface area contributed by atoms with Gasteiger partial charge in [0, 0.05) is 31.1 Å². The van der Waals surface area contributed by atoms with Crippen LogP contribution in [0.5, 0.6) is 5.75 Å². The zero-order valence-corrected chi connectivity index (χ0v) is 19.1. The number of carbonyl (C=O) groups excluding carboxylic acids is 2. The van der Waals surface area contributed by atoms with Gasteiger partial charge in [-0.1, -0.05) is 30.3 Å². The van der Waals surface area contributed by atoms with Gasteiger partial charge in [-0.3, -0.25) is 9.69 Å². The molecule has 0 aliphatic carbocycles. The summed E-state index contributed by atoms with van der Waals surface area (Å²) in [5.74, 6) is -0.169. The summed E-state index contributed by atoms with van der Waals surface area (Å²) in [7, 11) is 0. The van der Waals surface area contributed by atoms with Crippen molar-refractivity contribution in [3.8, 4) is 5.75 Å². The van der Waals surface area contributed by atoms with Gasteiger partial charge in [0.05, 0.1) is 16.8 Å². The molecule has 0 saturated carbocycles. The Hall–Kier alpha value is -3.23. The molecule has 0 unspecified atom stereocenters. The number of rotatable bonds is 9. The number of esters is 1. The number of nitrogens with zero attached hydrogens (tertiary/aromatic N) is 2. The molecule has 1 aliphatic rings. The van der Waals surface area contributed by atoms with Crippen LogP contribution in [0.3, 0.4) is 0 Å². The fourth-order valence-electron chi connectivity index (χ4n) is 3.71. The summed E-state index contributed by atoms with van der Waals surface area (Å²) in [5.41, 5.74) is 4.28. The summed E-state index contributed by atoms with van der Waals surface area (Å²) in [6.45, 7) is 2.87. The molecule has 2 aromatic carbocycles. The summed E-state index contributed by atoms with van der Waals surface area (Å²) < 4.78 is 10.8. The maximum Gasteiger partial charge on any atom is 0.338 e. The first-order valence-corrected chi connectivity index (χ1v) is 11.9. The number of hydrogen-bond donors (Lipinski definition) is 1. The minimum Gasteiger partial charge on any atom is -0.487 e. The van der Waals surface area contributed by atoms with E-state index in [9.17, 15) is 9.59 Å². The van der Waals surface area contributed by atoms with Gasteiger partial charge in [-0.05, 0) is 42.7 Å². The van der Waals surface area contributed by atoms with E-state index in [1.807, 2.05) is 11.4 Å². The fourth-order valence-corrected chi connectivity index (χ4v) is 4.26. The largest absolute Gasteiger partial charge is 0.487 e. The highest BCUT2D eigenvalue weighted by molar-refractivity contribution is 7.07. The standard InChI is InChI=1S/C25H27N3O4S/c29-24(27-21-10-12-28(13-11-21)14-19-4-2-1-3-5-19)16-32-25(30)20-6-8-23(9-7-20)31-15-22-17-33-18-26-22/h1-9,17-18,21H,10-16H2,(H,27,29). The van der Waals surface area contributed by atoms with Gasteiger partial charge < -0.3 is 14.8 Å². The molecule has 1 fully saturated rings.